The number of carboxylic acid groups (broad SMARTS) is 1. The number of benzene rings is 2. The second kappa shape index (κ2) is 13.9. The molecule has 1 aliphatic rings. The summed E-state index contributed by atoms with van der Waals surface area (Å²) in [4.78, 5) is 49.8. The lowest BCUT2D eigenvalue weighted by Crippen LogP contribution is -2.49. The van der Waals surface area contributed by atoms with E-state index in [1.807, 2.05) is 0 Å². The van der Waals surface area contributed by atoms with Crippen molar-refractivity contribution in [3.05, 3.63) is 90.1 Å². The molecule has 14 heteroatoms. The summed E-state index contributed by atoms with van der Waals surface area (Å²) >= 11 is 0. The van der Waals surface area contributed by atoms with Gasteiger partial charge in [-0.3, -0.25) is 19.3 Å². The van der Waals surface area contributed by atoms with Gasteiger partial charge in [-0.1, -0.05) is 54.6 Å². The van der Waals surface area contributed by atoms with Gasteiger partial charge in [-0.2, -0.15) is 26.3 Å². The standard InChI is InChI=1S/C31H28F6N4O4/c32-30(33,34)16-8-12-21(29(44)45)20(15-17-31(35,36)37)27(42)40-26-28(43)41(24-14-6-7-18-38-24)23-13-5-4-11-22(23)25(39-26)19-9-2-1-3-10-19/h1-7,9-11,13-14,18,20-21,26H,8,12,15-17H2,(H,40,42)(H,44,45)/t20-,21+,26?/m1/s1. The highest BCUT2D eigenvalue weighted by Crippen LogP contribution is 2.35. The second-order valence-corrected chi connectivity index (χ2v) is 10.3. The van der Waals surface area contributed by atoms with Gasteiger partial charge in [0, 0.05) is 30.2 Å². The van der Waals surface area contributed by atoms with Gasteiger partial charge in [0.25, 0.3) is 5.91 Å². The van der Waals surface area contributed by atoms with Crippen LogP contribution >= 0.6 is 0 Å². The Hall–Kier alpha value is -4.75. The van der Waals surface area contributed by atoms with E-state index in [9.17, 15) is 45.8 Å². The molecule has 0 fully saturated rings. The molecule has 238 valence electrons. The number of hydrogen-bond acceptors (Lipinski definition) is 5. The van der Waals surface area contributed by atoms with E-state index >= 15 is 0 Å². The Morgan fingerprint density at radius 1 is 0.844 bits per heavy atom. The monoisotopic (exact) mass is 634 g/mol. The molecule has 0 spiro atoms. The first kappa shape index (κ1) is 33.1. The fourth-order valence-corrected chi connectivity index (χ4v) is 5.10. The van der Waals surface area contributed by atoms with Crippen LogP contribution in [0.15, 0.2) is 84.0 Å². The zero-order chi connectivity index (χ0) is 32.8. The third-order valence-electron chi connectivity index (χ3n) is 7.17. The predicted molar refractivity (Wildman–Crippen MR) is 152 cm³/mol. The number of carbonyl (C=O) groups excluding carboxylic acids is 2. The summed E-state index contributed by atoms with van der Waals surface area (Å²) in [6, 6.07) is 20.0. The molecule has 1 aliphatic heterocycles. The van der Waals surface area contributed by atoms with E-state index in [0.29, 0.717) is 16.8 Å². The molecule has 45 heavy (non-hydrogen) atoms. The van der Waals surface area contributed by atoms with Gasteiger partial charge in [0.05, 0.1) is 23.2 Å². The number of para-hydroxylation sites is 1. The molecule has 2 heterocycles. The van der Waals surface area contributed by atoms with Crippen molar-refractivity contribution in [1.82, 2.24) is 10.3 Å². The molecule has 3 aromatic rings. The Labute approximate surface area is 253 Å². The molecule has 0 saturated carbocycles. The summed E-state index contributed by atoms with van der Waals surface area (Å²) in [6.45, 7) is 0. The van der Waals surface area contributed by atoms with Crippen LogP contribution < -0.4 is 10.2 Å². The Kier molecular flexibility index (Phi) is 10.2. The number of aliphatic carboxylic acids is 1. The van der Waals surface area contributed by atoms with E-state index in [4.69, 9.17) is 0 Å². The van der Waals surface area contributed by atoms with Crippen LogP contribution in [0.25, 0.3) is 0 Å². The van der Waals surface area contributed by atoms with Crippen molar-refractivity contribution < 1.29 is 45.8 Å². The van der Waals surface area contributed by atoms with Crippen LogP contribution in [0.2, 0.25) is 0 Å². The number of carboxylic acids is 1. The lowest BCUT2D eigenvalue weighted by molar-refractivity contribution is -0.155. The summed E-state index contributed by atoms with van der Waals surface area (Å²) in [5, 5.41) is 12.1. The van der Waals surface area contributed by atoms with E-state index in [1.54, 1.807) is 66.7 Å². The van der Waals surface area contributed by atoms with Crippen LogP contribution in [0.4, 0.5) is 37.8 Å². The van der Waals surface area contributed by atoms with Crippen molar-refractivity contribution in [3.8, 4) is 0 Å². The first-order valence-corrected chi connectivity index (χ1v) is 13.9. The Bertz CT molecular complexity index is 1530. The Morgan fingerprint density at radius 2 is 1.49 bits per heavy atom. The van der Waals surface area contributed by atoms with Crippen molar-refractivity contribution in [2.75, 3.05) is 4.90 Å². The maximum Gasteiger partial charge on any atom is 0.389 e. The minimum Gasteiger partial charge on any atom is -0.481 e. The zero-order valence-corrected chi connectivity index (χ0v) is 23.6. The van der Waals surface area contributed by atoms with Gasteiger partial charge in [-0.15, -0.1) is 0 Å². The molecule has 0 saturated heterocycles. The van der Waals surface area contributed by atoms with Crippen LogP contribution in [0.5, 0.6) is 0 Å². The molecule has 0 bridgehead atoms. The van der Waals surface area contributed by atoms with Gasteiger partial charge in [0.2, 0.25) is 12.1 Å². The van der Waals surface area contributed by atoms with Gasteiger partial charge in [-0.05, 0) is 37.5 Å². The molecule has 3 atom stereocenters. The second-order valence-electron chi connectivity index (χ2n) is 10.3. The number of benzodiazepines with no additional fused rings is 1. The third kappa shape index (κ3) is 8.67. The van der Waals surface area contributed by atoms with Crippen molar-refractivity contribution in [2.45, 2.75) is 50.6 Å². The summed E-state index contributed by atoms with van der Waals surface area (Å²) < 4.78 is 78.1. The minimum absolute atomic E-state index is 0.142. The van der Waals surface area contributed by atoms with E-state index in [-0.39, 0.29) is 11.5 Å². The molecule has 2 aromatic carbocycles. The molecule has 1 aromatic heterocycles. The number of aliphatic imine (C=N–C) groups is 1. The van der Waals surface area contributed by atoms with Crippen LogP contribution in [0.1, 0.15) is 43.2 Å². The highest BCUT2D eigenvalue weighted by Gasteiger charge is 2.41. The van der Waals surface area contributed by atoms with Crippen LogP contribution in [-0.2, 0) is 14.4 Å². The van der Waals surface area contributed by atoms with Crippen molar-refractivity contribution in [3.63, 3.8) is 0 Å². The van der Waals surface area contributed by atoms with Gasteiger partial charge >= 0.3 is 18.3 Å². The van der Waals surface area contributed by atoms with Gasteiger partial charge < -0.3 is 10.4 Å². The number of aromatic nitrogens is 1. The van der Waals surface area contributed by atoms with E-state index in [1.165, 1.54) is 17.2 Å². The summed E-state index contributed by atoms with van der Waals surface area (Å²) in [5.74, 6) is -7.52. The quantitative estimate of drug-likeness (QED) is 0.236. The SMILES string of the molecule is O=C(O)[C@@H](CCCC(F)(F)F)[C@@H](CCC(F)(F)F)C(=O)NC1N=C(c2ccccc2)c2ccccc2N(c2ccccn2)C1=O. The van der Waals surface area contributed by atoms with Gasteiger partial charge in [0.15, 0.2) is 0 Å². The molecular formula is C31H28F6N4O4. The average Bonchev–Trinajstić information content (AvgIpc) is 3.10. The van der Waals surface area contributed by atoms with Crippen LogP contribution in [-0.4, -0.2) is 52.1 Å². The molecule has 0 radical (unpaired) electrons. The molecule has 4 rings (SSSR count). The molecule has 0 aliphatic carbocycles. The zero-order valence-electron chi connectivity index (χ0n) is 23.6. The maximum atomic E-state index is 14.1. The van der Waals surface area contributed by atoms with Crippen molar-refractivity contribution in [2.24, 2.45) is 16.8 Å². The largest absolute Gasteiger partial charge is 0.481 e. The summed E-state index contributed by atoms with van der Waals surface area (Å²) in [6.07, 6.45) is -15.2. The van der Waals surface area contributed by atoms with Crippen LogP contribution in [0.3, 0.4) is 0 Å². The van der Waals surface area contributed by atoms with E-state index in [2.05, 4.69) is 15.3 Å². The number of pyridine rings is 1. The van der Waals surface area contributed by atoms with Crippen molar-refractivity contribution in [1.29, 1.82) is 0 Å². The molecule has 1 unspecified atom stereocenters. The Morgan fingerprint density at radius 3 is 2.11 bits per heavy atom. The number of rotatable bonds is 11. The molecule has 2 amide bonds. The first-order chi connectivity index (χ1) is 21.2. The number of amides is 2. The normalized spacial score (nSPS) is 16.7. The summed E-state index contributed by atoms with van der Waals surface area (Å²) in [7, 11) is 0. The van der Waals surface area contributed by atoms with Gasteiger partial charge in [0.1, 0.15) is 5.82 Å². The molecular weight excluding hydrogens is 606 g/mol. The lowest BCUT2D eigenvalue weighted by Gasteiger charge is -2.27. The number of fused-ring (bicyclic) bond motifs is 1. The highest BCUT2D eigenvalue weighted by atomic mass is 19.4. The number of alkyl halides is 6. The number of carbonyl (C=O) groups is 3. The van der Waals surface area contributed by atoms with Crippen LogP contribution in [0, 0.1) is 11.8 Å². The van der Waals surface area contributed by atoms with Gasteiger partial charge in [-0.25, -0.2) is 9.98 Å². The fraction of sp³-hybridized carbons (Fsp3) is 0.323. The smallest absolute Gasteiger partial charge is 0.389 e. The molecule has 2 N–H and O–H groups in total. The number of halogens is 6. The minimum atomic E-state index is -4.79. The first-order valence-electron chi connectivity index (χ1n) is 13.9. The predicted octanol–water partition coefficient (Wildman–Crippen LogP) is 6.43. The number of anilines is 2. The fourth-order valence-electron chi connectivity index (χ4n) is 5.10. The topological polar surface area (TPSA) is 112 Å². The van der Waals surface area contributed by atoms with E-state index in [0.717, 1.165) is 0 Å². The maximum absolute atomic E-state index is 14.1. The Balaban J connectivity index is 1.77. The third-order valence-corrected chi connectivity index (χ3v) is 7.17. The van der Waals surface area contributed by atoms with Crippen molar-refractivity contribution >= 4 is 35.0 Å². The number of hydrogen-bond donors (Lipinski definition) is 2. The number of nitrogens with one attached hydrogen (secondary N) is 1. The average molecular weight is 635 g/mol. The number of nitrogens with zero attached hydrogens (tertiary/aromatic N) is 3. The molecule has 8 nitrogen and oxygen atoms in total. The summed E-state index contributed by atoms with van der Waals surface area (Å²) in [5.41, 5.74) is 1.58. The highest BCUT2D eigenvalue weighted by molar-refractivity contribution is 6.21. The van der Waals surface area contributed by atoms with E-state index < -0.39 is 80.2 Å². The lowest BCUT2D eigenvalue weighted by atomic mass is 9.83.